The maximum Gasteiger partial charge on any atom is 0.306 e. The Morgan fingerprint density at radius 1 is 0.880 bits per heavy atom. The summed E-state index contributed by atoms with van der Waals surface area (Å²) in [6, 6.07) is 3.94. The lowest BCUT2D eigenvalue weighted by Crippen LogP contribution is -2.03. The number of hydrogen-bond acceptors (Lipinski definition) is 7. The lowest BCUT2D eigenvalue weighted by atomic mass is 10.2. The fraction of sp³-hybridized carbons (Fsp3) is 0. The molecule has 2 aromatic rings. The van der Waals surface area contributed by atoms with Gasteiger partial charge in [-0.1, -0.05) is 23.2 Å². The number of nitro benzene ring substituents is 3. The van der Waals surface area contributed by atoms with E-state index in [-0.39, 0.29) is 15.7 Å². The predicted molar refractivity (Wildman–Crippen MR) is 93.8 cm³/mol. The Bertz CT molecular complexity index is 864. The van der Waals surface area contributed by atoms with Gasteiger partial charge in [0.2, 0.25) is 0 Å². The molecule has 0 aromatic heterocycles. The first kappa shape index (κ1) is 18.8. The van der Waals surface area contributed by atoms with Crippen molar-refractivity contribution >= 4 is 67.6 Å². The van der Waals surface area contributed by atoms with E-state index in [4.69, 9.17) is 23.2 Å². The lowest BCUT2D eigenvalue weighted by molar-refractivity contribution is -0.401. The number of hydrogen-bond donors (Lipinski definition) is 1. The van der Waals surface area contributed by atoms with Gasteiger partial charge in [-0.25, -0.2) is 0 Å². The first-order valence-electron chi connectivity index (χ1n) is 6.14. The number of nitrogens with one attached hydrogen (secondary N) is 1. The Morgan fingerprint density at radius 3 is 1.80 bits per heavy atom. The monoisotopic (exact) mass is 450 g/mol. The molecule has 1 N–H and O–H groups in total. The van der Waals surface area contributed by atoms with Crippen molar-refractivity contribution in [1.82, 2.24) is 0 Å². The summed E-state index contributed by atoms with van der Waals surface area (Å²) in [5.74, 6) is 0. The summed E-state index contributed by atoms with van der Waals surface area (Å²) in [7, 11) is 0. The quantitative estimate of drug-likeness (QED) is 0.372. The van der Waals surface area contributed by atoms with E-state index in [0.29, 0.717) is 16.6 Å². The van der Waals surface area contributed by atoms with Gasteiger partial charge in [0, 0.05) is 10.2 Å². The molecule has 10 nitrogen and oxygen atoms in total. The van der Waals surface area contributed by atoms with Gasteiger partial charge in [0.15, 0.2) is 5.69 Å². The third-order valence-electron chi connectivity index (χ3n) is 2.94. The molecule has 0 amide bonds. The third kappa shape index (κ3) is 3.95. The molecule has 0 unspecified atom stereocenters. The van der Waals surface area contributed by atoms with Crippen molar-refractivity contribution in [1.29, 1.82) is 0 Å². The summed E-state index contributed by atoms with van der Waals surface area (Å²) in [4.78, 5) is 30.4. The molecule has 2 aromatic carbocycles. The van der Waals surface area contributed by atoms with Crippen LogP contribution in [0.5, 0.6) is 0 Å². The molecule has 0 atom stereocenters. The highest BCUT2D eigenvalue weighted by atomic mass is 79.9. The van der Waals surface area contributed by atoms with E-state index in [0.717, 1.165) is 0 Å². The first-order chi connectivity index (χ1) is 11.6. The summed E-state index contributed by atoms with van der Waals surface area (Å²) in [5.41, 5.74) is -2.81. The van der Waals surface area contributed by atoms with Gasteiger partial charge in [-0.2, -0.15) is 0 Å². The molecular formula is C12H5BrCl2N4O6. The van der Waals surface area contributed by atoms with Crippen molar-refractivity contribution in [2.45, 2.75) is 0 Å². The molecule has 0 spiro atoms. The van der Waals surface area contributed by atoms with Crippen LogP contribution in [-0.4, -0.2) is 14.8 Å². The van der Waals surface area contributed by atoms with Gasteiger partial charge >= 0.3 is 11.4 Å². The fourth-order valence-corrected chi connectivity index (χ4v) is 2.79. The van der Waals surface area contributed by atoms with E-state index in [1.54, 1.807) is 0 Å². The summed E-state index contributed by atoms with van der Waals surface area (Å²) < 4.78 is 0.344. The number of rotatable bonds is 5. The molecular weight excluding hydrogens is 447 g/mol. The van der Waals surface area contributed by atoms with Gasteiger partial charge < -0.3 is 5.32 Å². The van der Waals surface area contributed by atoms with Crippen molar-refractivity contribution in [3.8, 4) is 0 Å². The molecule has 0 saturated heterocycles. The number of halogens is 3. The Hall–Kier alpha value is -2.50. The summed E-state index contributed by atoms with van der Waals surface area (Å²) in [6.45, 7) is 0. The molecule has 0 radical (unpaired) electrons. The first-order valence-corrected chi connectivity index (χ1v) is 7.69. The van der Waals surface area contributed by atoms with Crippen LogP contribution in [0.25, 0.3) is 0 Å². The third-order valence-corrected chi connectivity index (χ3v) is 4.59. The second-order valence-corrected chi connectivity index (χ2v) is 6.15. The lowest BCUT2D eigenvalue weighted by Gasteiger charge is -2.10. The van der Waals surface area contributed by atoms with E-state index >= 15 is 0 Å². The minimum absolute atomic E-state index is 0.0887. The summed E-state index contributed by atoms with van der Waals surface area (Å²) in [5, 5.41) is 36.0. The Balaban J connectivity index is 2.69. The van der Waals surface area contributed by atoms with E-state index in [2.05, 4.69) is 21.2 Å². The van der Waals surface area contributed by atoms with E-state index in [1.165, 1.54) is 12.1 Å². The van der Waals surface area contributed by atoms with Crippen molar-refractivity contribution in [2.24, 2.45) is 0 Å². The van der Waals surface area contributed by atoms with Crippen LogP contribution in [0, 0.1) is 30.3 Å². The second-order valence-electron chi connectivity index (χ2n) is 4.51. The Labute approximate surface area is 156 Å². The highest BCUT2D eigenvalue weighted by Gasteiger charge is 2.30. The van der Waals surface area contributed by atoms with E-state index < -0.39 is 37.5 Å². The summed E-state index contributed by atoms with van der Waals surface area (Å²) in [6.07, 6.45) is 0. The minimum Gasteiger partial charge on any atom is -0.344 e. The van der Waals surface area contributed by atoms with Crippen LogP contribution in [0.2, 0.25) is 10.0 Å². The second kappa shape index (κ2) is 7.17. The fourth-order valence-electron chi connectivity index (χ4n) is 1.89. The standard InChI is InChI=1S/C12H5BrCl2N4O6/c13-7-1-5(2-8(14)11(7)15)16-12-9(18(22)23)3-6(17(20)21)4-10(12)19(24)25/h1-4,16H. The SMILES string of the molecule is O=[N+]([O-])c1cc([N+](=O)[O-])c(Nc2cc(Cl)c(Cl)c(Br)c2)c([N+](=O)[O-])c1. The van der Waals surface area contributed by atoms with Crippen LogP contribution < -0.4 is 5.32 Å². The molecule has 0 aliphatic rings. The van der Waals surface area contributed by atoms with Gasteiger partial charge in [0.1, 0.15) is 0 Å². The molecule has 13 heteroatoms. The van der Waals surface area contributed by atoms with Crippen LogP contribution in [0.4, 0.5) is 28.4 Å². The average Bonchev–Trinajstić information content (AvgIpc) is 2.51. The van der Waals surface area contributed by atoms with Crippen molar-refractivity contribution in [2.75, 3.05) is 5.32 Å². The van der Waals surface area contributed by atoms with Crippen molar-refractivity contribution in [3.63, 3.8) is 0 Å². The molecule has 0 aliphatic heterocycles. The largest absolute Gasteiger partial charge is 0.344 e. The highest BCUT2D eigenvalue weighted by molar-refractivity contribution is 9.10. The highest BCUT2D eigenvalue weighted by Crippen LogP contribution is 2.41. The van der Waals surface area contributed by atoms with Crippen molar-refractivity contribution < 1.29 is 14.8 Å². The van der Waals surface area contributed by atoms with Crippen LogP contribution in [0.3, 0.4) is 0 Å². The zero-order chi connectivity index (χ0) is 18.9. The zero-order valence-corrected chi connectivity index (χ0v) is 14.8. The molecule has 130 valence electrons. The summed E-state index contributed by atoms with van der Waals surface area (Å²) >= 11 is 14.9. The van der Waals surface area contributed by atoms with Gasteiger partial charge in [0.05, 0.1) is 36.9 Å². The van der Waals surface area contributed by atoms with Crippen LogP contribution in [0.15, 0.2) is 28.7 Å². The van der Waals surface area contributed by atoms with Crippen LogP contribution >= 0.6 is 39.1 Å². The molecule has 2 rings (SSSR count). The number of nitrogens with zero attached hydrogens (tertiary/aromatic N) is 3. The normalized spacial score (nSPS) is 10.4. The number of nitro groups is 3. The van der Waals surface area contributed by atoms with Gasteiger partial charge in [-0.05, 0) is 28.1 Å². The molecule has 0 aliphatic carbocycles. The van der Waals surface area contributed by atoms with Gasteiger partial charge in [-0.15, -0.1) is 0 Å². The van der Waals surface area contributed by atoms with Gasteiger partial charge in [-0.3, -0.25) is 30.3 Å². The Morgan fingerprint density at radius 2 is 1.40 bits per heavy atom. The van der Waals surface area contributed by atoms with Gasteiger partial charge in [0.25, 0.3) is 5.69 Å². The number of anilines is 2. The number of non-ortho nitro benzene ring substituents is 1. The average molecular weight is 452 g/mol. The maximum absolute atomic E-state index is 11.2. The Kier molecular flexibility index (Phi) is 5.40. The number of benzene rings is 2. The topological polar surface area (TPSA) is 141 Å². The maximum atomic E-state index is 11.2. The van der Waals surface area contributed by atoms with Crippen LogP contribution in [-0.2, 0) is 0 Å². The molecule has 0 bridgehead atoms. The van der Waals surface area contributed by atoms with E-state index in [1.807, 2.05) is 0 Å². The predicted octanol–water partition coefficient (Wildman–Crippen LogP) is 5.22. The van der Waals surface area contributed by atoms with Crippen molar-refractivity contribution in [3.05, 3.63) is 69.1 Å². The zero-order valence-electron chi connectivity index (χ0n) is 11.7. The molecule has 0 heterocycles. The van der Waals surface area contributed by atoms with E-state index in [9.17, 15) is 30.3 Å². The minimum atomic E-state index is -0.963. The molecule has 0 fully saturated rings. The smallest absolute Gasteiger partial charge is 0.306 e. The van der Waals surface area contributed by atoms with Crippen LogP contribution in [0.1, 0.15) is 0 Å². The molecule has 0 saturated carbocycles. The molecule has 25 heavy (non-hydrogen) atoms.